The number of anilines is 1. The molecule has 5 heterocycles. The summed E-state index contributed by atoms with van der Waals surface area (Å²) in [6.45, 7) is 2.06. The molecule has 27 heavy (non-hydrogen) atoms. The van der Waals surface area contributed by atoms with Crippen LogP contribution in [0, 0.1) is 0 Å². The largest absolute Gasteiger partial charge is 0.381 e. The summed E-state index contributed by atoms with van der Waals surface area (Å²) in [5.41, 5.74) is 11.2. The molecule has 0 amide bonds. The highest BCUT2D eigenvalue weighted by atomic mass is 32.1. The van der Waals surface area contributed by atoms with Gasteiger partial charge in [0.1, 0.15) is 0 Å². The van der Waals surface area contributed by atoms with E-state index in [-0.39, 0.29) is 0 Å². The number of hydrogen-bond donors (Lipinski definition) is 2. The number of thiophene rings is 1. The van der Waals surface area contributed by atoms with Crippen molar-refractivity contribution >= 4 is 22.8 Å². The molecule has 8 heteroatoms. The van der Waals surface area contributed by atoms with Crippen LogP contribution >= 0.6 is 11.3 Å². The van der Waals surface area contributed by atoms with Crippen LogP contribution < -0.4 is 11.1 Å². The Bertz CT molecular complexity index is 1100. The summed E-state index contributed by atoms with van der Waals surface area (Å²) >= 11 is 1.69. The second-order valence-corrected chi connectivity index (χ2v) is 7.94. The number of nitrogen functional groups attached to an aromatic ring is 1. The number of aromatic nitrogens is 5. The first kappa shape index (κ1) is 16.5. The maximum absolute atomic E-state index is 6.13. The molecule has 0 saturated carbocycles. The third-order valence-corrected chi connectivity index (χ3v) is 6.10. The Kier molecular flexibility index (Phi) is 3.95. The van der Waals surface area contributed by atoms with E-state index in [1.807, 2.05) is 30.3 Å². The fraction of sp³-hybridized carbons (Fsp3) is 0.316. The average molecular weight is 379 g/mol. The SMILES string of the molecule is Cn1cc(-c2csc(-c3cnc(N)c4nc(C5CCCNC5)cn34)c2)cn1. The maximum Gasteiger partial charge on any atom is 0.180 e. The molecular weight excluding hydrogens is 358 g/mol. The summed E-state index contributed by atoms with van der Waals surface area (Å²) in [7, 11) is 1.93. The van der Waals surface area contributed by atoms with Gasteiger partial charge in [-0.05, 0) is 36.4 Å². The first-order valence-electron chi connectivity index (χ1n) is 9.11. The van der Waals surface area contributed by atoms with E-state index in [1.54, 1.807) is 11.3 Å². The standard InChI is InChI=1S/C19H21N7S/c1-25-9-14(7-23-25)13-5-17(27-11-13)16-8-22-18(20)19-24-15(10-26(16)19)12-3-2-4-21-6-12/h5,7-12,21H,2-4,6H2,1H3,(H2,20,22). The van der Waals surface area contributed by atoms with Gasteiger partial charge in [-0.1, -0.05) is 0 Å². The van der Waals surface area contributed by atoms with Crippen LogP contribution in [-0.2, 0) is 7.05 Å². The van der Waals surface area contributed by atoms with Crippen molar-refractivity contribution in [3.05, 3.63) is 41.9 Å². The van der Waals surface area contributed by atoms with Crippen molar-refractivity contribution in [2.45, 2.75) is 18.8 Å². The maximum atomic E-state index is 6.13. The lowest BCUT2D eigenvalue weighted by molar-refractivity contribution is 0.456. The second-order valence-electron chi connectivity index (χ2n) is 7.03. The lowest BCUT2D eigenvalue weighted by Crippen LogP contribution is -2.28. The van der Waals surface area contributed by atoms with Crippen molar-refractivity contribution in [1.29, 1.82) is 0 Å². The number of nitrogens with zero attached hydrogens (tertiary/aromatic N) is 5. The Morgan fingerprint density at radius 3 is 2.96 bits per heavy atom. The average Bonchev–Trinajstić information content (AvgIpc) is 3.42. The van der Waals surface area contributed by atoms with Crippen LogP contribution in [0.3, 0.4) is 0 Å². The molecule has 7 nitrogen and oxygen atoms in total. The number of hydrogen-bond acceptors (Lipinski definition) is 6. The zero-order valence-corrected chi connectivity index (χ0v) is 15.9. The van der Waals surface area contributed by atoms with Crippen molar-refractivity contribution in [1.82, 2.24) is 29.5 Å². The first-order chi connectivity index (χ1) is 13.2. The molecule has 1 atom stereocenters. The van der Waals surface area contributed by atoms with Crippen LogP contribution in [-0.4, -0.2) is 37.2 Å². The normalized spacial score (nSPS) is 17.6. The number of piperidine rings is 1. The monoisotopic (exact) mass is 379 g/mol. The van der Waals surface area contributed by atoms with Gasteiger partial charge in [0, 0.05) is 37.5 Å². The van der Waals surface area contributed by atoms with E-state index in [0.29, 0.717) is 11.7 Å². The minimum Gasteiger partial charge on any atom is -0.381 e. The Hall–Kier alpha value is -2.71. The highest BCUT2D eigenvalue weighted by Gasteiger charge is 2.20. The molecule has 5 rings (SSSR count). The van der Waals surface area contributed by atoms with Gasteiger partial charge in [-0.25, -0.2) is 9.97 Å². The van der Waals surface area contributed by atoms with Crippen molar-refractivity contribution in [3.8, 4) is 21.7 Å². The Labute approximate surface area is 160 Å². The van der Waals surface area contributed by atoms with Gasteiger partial charge in [-0.3, -0.25) is 9.08 Å². The van der Waals surface area contributed by atoms with E-state index in [1.165, 1.54) is 6.42 Å². The van der Waals surface area contributed by atoms with Crippen molar-refractivity contribution < 1.29 is 0 Å². The van der Waals surface area contributed by atoms with Gasteiger partial charge in [-0.15, -0.1) is 11.3 Å². The van der Waals surface area contributed by atoms with Crippen molar-refractivity contribution in [2.24, 2.45) is 7.05 Å². The molecule has 0 aromatic carbocycles. The molecule has 1 fully saturated rings. The molecule has 4 aromatic heterocycles. The van der Waals surface area contributed by atoms with E-state index in [4.69, 9.17) is 10.7 Å². The minimum absolute atomic E-state index is 0.431. The lowest BCUT2D eigenvalue weighted by atomic mass is 9.97. The Balaban J connectivity index is 1.58. The first-order valence-corrected chi connectivity index (χ1v) is 9.99. The predicted octanol–water partition coefficient (Wildman–Crippen LogP) is 2.91. The summed E-state index contributed by atoms with van der Waals surface area (Å²) in [4.78, 5) is 10.4. The van der Waals surface area contributed by atoms with Crippen molar-refractivity contribution in [3.63, 3.8) is 0 Å². The van der Waals surface area contributed by atoms with E-state index >= 15 is 0 Å². The van der Waals surface area contributed by atoms with Crippen molar-refractivity contribution in [2.75, 3.05) is 18.8 Å². The van der Waals surface area contributed by atoms with E-state index in [0.717, 1.165) is 52.5 Å². The number of aryl methyl sites for hydroxylation is 1. The quantitative estimate of drug-likeness (QED) is 0.572. The third kappa shape index (κ3) is 2.90. The topological polar surface area (TPSA) is 86.1 Å². The van der Waals surface area contributed by atoms with Gasteiger partial charge >= 0.3 is 0 Å². The van der Waals surface area contributed by atoms with Crippen LogP contribution in [0.2, 0.25) is 0 Å². The van der Waals surface area contributed by atoms with Gasteiger partial charge < -0.3 is 11.1 Å². The van der Waals surface area contributed by atoms with Crippen LogP contribution in [0.4, 0.5) is 5.82 Å². The Morgan fingerprint density at radius 2 is 2.19 bits per heavy atom. The van der Waals surface area contributed by atoms with E-state index < -0.39 is 0 Å². The smallest absolute Gasteiger partial charge is 0.180 e. The summed E-state index contributed by atoms with van der Waals surface area (Å²) < 4.78 is 3.90. The number of imidazole rings is 1. The molecule has 0 bridgehead atoms. The molecule has 1 unspecified atom stereocenters. The molecule has 138 valence electrons. The highest BCUT2D eigenvalue weighted by Crippen LogP contribution is 2.34. The number of fused-ring (bicyclic) bond motifs is 1. The van der Waals surface area contributed by atoms with Gasteiger partial charge in [-0.2, -0.15) is 5.10 Å². The molecule has 0 spiro atoms. The number of nitrogens with two attached hydrogens (primary N) is 1. The summed E-state index contributed by atoms with van der Waals surface area (Å²) in [5, 5.41) is 9.87. The van der Waals surface area contributed by atoms with Crippen LogP contribution in [0.25, 0.3) is 27.3 Å². The van der Waals surface area contributed by atoms with Gasteiger partial charge in [0.2, 0.25) is 0 Å². The van der Waals surface area contributed by atoms with Gasteiger partial charge in [0.25, 0.3) is 0 Å². The summed E-state index contributed by atoms with van der Waals surface area (Å²) in [6, 6.07) is 2.18. The fourth-order valence-electron chi connectivity index (χ4n) is 3.69. The molecule has 0 radical (unpaired) electrons. The molecule has 0 aliphatic carbocycles. The number of rotatable bonds is 3. The van der Waals surface area contributed by atoms with Gasteiger partial charge in [0.15, 0.2) is 11.5 Å². The van der Waals surface area contributed by atoms with E-state index in [9.17, 15) is 0 Å². The third-order valence-electron chi connectivity index (χ3n) is 5.14. The van der Waals surface area contributed by atoms with Crippen LogP contribution in [0.1, 0.15) is 24.5 Å². The zero-order valence-electron chi connectivity index (χ0n) is 15.1. The molecular formula is C19H21N7S. The zero-order chi connectivity index (χ0) is 18.4. The fourth-order valence-corrected chi connectivity index (χ4v) is 4.61. The lowest BCUT2D eigenvalue weighted by Gasteiger charge is -2.20. The molecule has 4 aromatic rings. The summed E-state index contributed by atoms with van der Waals surface area (Å²) in [5.74, 6) is 0.901. The number of nitrogens with one attached hydrogen (secondary N) is 1. The van der Waals surface area contributed by atoms with Crippen LogP contribution in [0.5, 0.6) is 0 Å². The van der Waals surface area contributed by atoms with Crippen LogP contribution in [0.15, 0.2) is 36.2 Å². The van der Waals surface area contributed by atoms with E-state index in [2.05, 4.69) is 37.4 Å². The highest BCUT2D eigenvalue weighted by molar-refractivity contribution is 7.14. The molecule has 1 aliphatic heterocycles. The van der Waals surface area contributed by atoms with Gasteiger partial charge in [0.05, 0.1) is 28.7 Å². The minimum atomic E-state index is 0.431. The second kappa shape index (κ2) is 6.47. The molecule has 1 aliphatic rings. The predicted molar refractivity (Wildman–Crippen MR) is 108 cm³/mol. The molecule has 1 saturated heterocycles. The summed E-state index contributed by atoms with van der Waals surface area (Å²) in [6.07, 6.45) is 10.2. The molecule has 3 N–H and O–H groups in total. The Morgan fingerprint density at radius 1 is 1.26 bits per heavy atom.